The van der Waals surface area contributed by atoms with Crippen LogP contribution >= 0.6 is 23.5 Å². The van der Waals surface area contributed by atoms with Crippen LogP contribution in [-0.2, 0) is 43.2 Å². The van der Waals surface area contributed by atoms with Gasteiger partial charge in [0.25, 0.3) is 0 Å². The number of rotatable bonds is 29. The van der Waals surface area contributed by atoms with E-state index < -0.39 is 156 Å². The number of halogens is 3. The van der Waals surface area contributed by atoms with Gasteiger partial charge in [0, 0.05) is 49.6 Å². The number of ether oxygens (including phenoxy) is 1. The standard InChI is InChI=1S/C34H43F3N10O15S2/c35-34(36,37)62-27-10-41-8-19(47-27)23(64-14-21(31(57)43-12-29(54)55)46-25(50)4-2-17(39)33(60)61)6-15(48)5-22(18-7-40-9-26(51)44-18)63-13-20(30(56)42-11-28(52)53)45-24(49)3-1-16(38)32(58)59/h7-10,16-17,20-23H,1-6,11-14,38-39H2,(H,42,56)(H,43,57)(H,44,51)(H,45,49)(H,46,50)(H,52,53)(H,54,55)(H,58,59)(H,60,61)/t16-,17+,20-,21-,22?,23?/m0/s1. The maximum Gasteiger partial charge on any atom is 0.574 e. The van der Waals surface area contributed by atoms with E-state index in [2.05, 4.69) is 45.9 Å². The molecule has 0 aliphatic heterocycles. The Balaban J connectivity index is 2.48. The number of thioether (sulfide) groups is 2. The molecule has 25 nitrogen and oxygen atoms in total. The highest BCUT2D eigenvalue weighted by Gasteiger charge is 2.34. The van der Waals surface area contributed by atoms with Crippen LogP contribution in [0.3, 0.4) is 0 Å². The molecule has 64 heavy (non-hydrogen) atoms. The number of Topliss-reactive ketones (excluding diaryl/α,β-unsaturated/α-hetero) is 1. The molecule has 4 amide bonds. The van der Waals surface area contributed by atoms with E-state index in [-0.39, 0.29) is 24.2 Å². The van der Waals surface area contributed by atoms with Gasteiger partial charge < -0.3 is 63.0 Å². The van der Waals surface area contributed by atoms with Gasteiger partial charge in [-0.1, -0.05) is 0 Å². The fourth-order valence-electron chi connectivity index (χ4n) is 4.92. The number of hydrogen-bond acceptors (Lipinski definition) is 19. The average molecular weight is 953 g/mol. The summed E-state index contributed by atoms with van der Waals surface area (Å²) in [5, 5.41) is 52.7. The number of amides is 4. The van der Waals surface area contributed by atoms with E-state index in [0.29, 0.717) is 18.0 Å². The van der Waals surface area contributed by atoms with Crippen molar-refractivity contribution in [3.05, 3.63) is 36.2 Å². The van der Waals surface area contributed by atoms with Crippen molar-refractivity contribution in [1.29, 1.82) is 0 Å². The molecule has 352 valence electrons. The third-order valence-electron chi connectivity index (χ3n) is 8.04. The number of ketones is 1. The second-order valence-electron chi connectivity index (χ2n) is 13.2. The van der Waals surface area contributed by atoms with Crippen LogP contribution in [0.2, 0.25) is 0 Å². The molecule has 6 atom stereocenters. The van der Waals surface area contributed by atoms with Crippen LogP contribution in [0, 0.1) is 0 Å². The molecular formula is C34H43F3N10O15S2. The molecule has 0 fully saturated rings. The predicted molar refractivity (Wildman–Crippen MR) is 212 cm³/mol. The van der Waals surface area contributed by atoms with Gasteiger partial charge in [-0.3, -0.25) is 53.1 Å². The van der Waals surface area contributed by atoms with Crippen LogP contribution in [0.1, 0.15) is 60.4 Å². The van der Waals surface area contributed by atoms with Gasteiger partial charge in [-0.25, -0.2) is 9.97 Å². The lowest BCUT2D eigenvalue weighted by Crippen LogP contribution is -2.49. The fourth-order valence-corrected chi connectivity index (χ4v) is 7.42. The molecule has 30 heteroatoms. The molecule has 0 radical (unpaired) electrons. The number of carbonyl (C=O) groups excluding carboxylic acids is 5. The van der Waals surface area contributed by atoms with Crippen molar-refractivity contribution in [2.75, 3.05) is 24.6 Å². The number of nitrogens with zero attached hydrogens (tertiary/aromatic N) is 4. The molecule has 0 aliphatic carbocycles. The first kappa shape index (κ1) is 53.7. The number of nitrogens with two attached hydrogens (primary N) is 2. The number of nitrogens with one attached hydrogen (secondary N) is 4. The highest BCUT2D eigenvalue weighted by Crippen LogP contribution is 2.37. The van der Waals surface area contributed by atoms with E-state index in [0.717, 1.165) is 30.4 Å². The monoisotopic (exact) mass is 952 g/mol. The van der Waals surface area contributed by atoms with Crippen molar-refractivity contribution >= 4 is 76.8 Å². The molecular weight excluding hydrogens is 910 g/mol. The van der Waals surface area contributed by atoms with Crippen LogP contribution in [0.25, 0.3) is 0 Å². The summed E-state index contributed by atoms with van der Waals surface area (Å²) < 4.78 is 43.3. The van der Waals surface area contributed by atoms with Crippen LogP contribution in [0.4, 0.5) is 13.2 Å². The van der Waals surface area contributed by atoms with Gasteiger partial charge in [-0.15, -0.1) is 36.7 Å². The van der Waals surface area contributed by atoms with Crippen molar-refractivity contribution < 1.29 is 86.6 Å². The molecule has 0 aliphatic rings. The molecule has 0 bridgehead atoms. The minimum atomic E-state index is -5.23. The van der Waals surface area contributed by atoms with Gasteiger partial charge in [0.05, 0.1) is 34.3 Å². The Morgan fingerprint density at radius 3 is 1.48 bits per heavy atom. The Labute approximate surface area is 367 Å². The lowest BCUT2D eigenvalue weighted by Gasteiger charge is -2.23. The maximum atomic E-state index is 13.9. The van der Waals surface area contributed by atoms with Gasteiger partial charge in [-0.05, 0) is 12.8 Å². The second-order valence-corrected chi connectivity index (χ2v) is 15.6. The van der Waals surface area contributed by atoms with Crippen molar-refractivity contribution in [3.8, 4) is 11.8 Å². The normalized spacial score (nSPS) is 14.0. The van der Waals surface area contributed by atoms with Crippen LogP contribution in [-0.4, -0.2) is 154 Å². The lowest BCUT2D eigenvalue weighted by molar-refractivity contribution is -0.276. The summed E-state index contributed by atoms with van der Waals surface area (Å²) in [6, 6.07) is -6.00. The number of aromatic nitrogens is 4. The summed E-state index contributed by atoms with van der Waals surface area (Å²) in [4.78, 5) is 125. The van der Waals surface area contributed by atoms with E-state index in [1.807, 2.05) is 0 Å². The van der Waals surface area contributed by atoms with Crippen molar-refractivity contribution in [2.45, 2.75) is 79.6 Å². The molecule has 2 heterocycles. The van der Waals surface area contributed by atoms with E-state index in [1.165, 1.54) is 0 Å². The number of aromatic hydroxyl groups is 1. The van der Waals surface area contributed by atoms with Gasteiger partial charge in [0.1, 0.15) is 43.0 Å². The SMILES string of the molecule is N[C@H](CCC(=O)N[C@@H](CSC(CC(=O)CC(SC[C@H](NC(=O)CC[C@H](N)C(=O)O)C(=O)NCC(=O)O)c1cncc(O)n1)c1cncc(OC(F)(F)F)n1)C(=O)NCC(=O)O)C(=O)O. The third kappa shape index (κ3) is 21.1. The second kappa shape index (κ2) is 26.3. The van der Waals surface area contributed by atoms with E-state index in [1.54, 1.807) is 0 Å². The van der Waals surface area contributed by atoms with Crippen molar-refractivity contribution in [1.82, 2.24) is 41.2 Å². The number of carboxylic acids is 4. The quantitative estimate of drug-likeness (QED) is 0.0429. The fraction of sp³-hybridized carbons (Fsp3) is 0.500. The molecule has 0 aromatic carbocycles. The highest BCUT2D eigenvalue weighted by molar-refractivity contribution is 7.99. The summed E-state index contributed by atoms with van der Waals surface area (Å²) in [5.41, 5.74) is 10.5. The summed E-state index contributed by atoms with van der Waals surface area (Å²) in [6.45, 7) is -1.78. The molecule has 2 aromatic heterocycles. The lowest BCUT2D eigenvalue weighted by atomic mass is 10.1. The number of aliphatic carboxylic acids is 4. The molecule has 0 saturated carbocycles. The first-order chi connectivity index (χ1) is 29.9. The zero-order valence-corrected chi connectivity index (χ0v) is 34.7. The molecule has 2 rings (SSSR count). The smallest absolute Gasteiger partial charge is 0.492 e. The largest absolute Gasteiger partial charge is 0.574 e. The zero-order chi connectivity index (χ0) is 48.1. The van der Waals surface area contributed by atoms with Gasteiger partial charge in [-0.2, -0.15) is 0 Å². The molecule has 0 saturated heterocycles. The highest BCUT2D eigenvalue weighted by atomic mass is 32.2. The number of alkyl halides is 3. The Kier molecular flexibility index (Phi) is 22.1. The molecule has 2 unspecified atom stereocenters. The average Bonchev–Trinajstić information content (AvgIpc) is 3.21. The molecule has 0 spiro atoms. The summed E-state index contributed by atoms with van der Waals surface area (Å²) in [7, 11) is 0. The first-order valence-electron chi connectivity index (χ1n) is 18.3. The topological polar surface area (TPSA) is 416 Å². The molecule has 13 N–H and O–H groups in total. The summed E-state index contributed by atoms with van der Waals surface area (Å²) >= 11 is 1.45. The van der Waals surface area contributed by atoms with Crippen molar-refractivity contribution in [2.24, 2.45) is 11.5 Å². The van der Waals surface area contributed by atoms with Gasteiger partial charge in [0.2, 0.25) is 35.4 Å². The number of carboxylic acid groups (broad SMARTS) is 4. The van der Waals surface area contributed by atoms with Gasteiger partial charge in [0.15, 0.2) is 0 Å². The first-order valence-corrected chi connectivity index (χ1v) is 20.4. The Hall–Kier alpha value is -6.40. The summed E-state index contributed by atoms with van der Waals surface area (Å²) in [6.07, 6.45) is -4.45. The number of carbonyl (C=O) groups is 9. The van der Waals surface area contributed by atoms with E-state index in [4.69, 9.17) is 31.9 Å². The number of hydrogen-bond donors (Lipinski definition) is 11. The zero-order valence-electron chi connectivity index (χ0n) is 33.1. The Bertz CT molecular complexity index is 2010. The predicted octanol–water partition coefficient (Wildman–Crippen LogP) is -1.78. The van der Waals surface area contributed by atoms with E-state index in [9.17, 15) is 61.4 Å². The van der Waals surface area contributed by atoms with Crippen molar-refractivity contribution in [3.63, 3.8) is 0 Å². The minimum absolute atomic E-state index is 0.0631. The maximum absolute atomic E-state index is 13.9. The van der Waals surface area contributed by atoms with E-state index >= 15 is 0 Å². The molecule has 2 aromatic rings. The van der Waals surface area contributed by atoms with Gasteiger partial charge >= 0.3 is 30.2 Å². The van der Waals surface area contributed by atoms with Crippen LogP contribution in [0.5, 0.6) is 11.8 Å². The summed E-state index contributed by atoms with van der Waals surface area (Å²) in [5.74, 6) is -12.9. The minimum Gasteiger partial charge on any atom is -0.492 e. The van der Waals surface area contributed by atoms with Crippen LogP contribution in [0.15, 0.2) is 24.8 Å². The Morgan fingerprint density at radius 1 is 0.672 bits per heavy atom. The van der Waals surface area contributed by atoms with Crippen LogP contribution < -0.4 is 37.5 Å². The third-order valence-corrected chi connectivity index (χ3v) is 10.7. The Morgan fingerprint density at radius 2 is 1.09 bits per heavy atom.